The molecule has 0 unspecified atom stereocenters. The van der Waals surface area contributed by atoms with Crippen LogP contribution in [0.5, 0.6) is 0 Å². The quantitative estimate of drug-likeness (QED) is 0.259. The van der Waals surface area contributed by atoms with Crippen LogP contribution in [0.4, 0.5) is 30.2 Å². The molecule has 0 bridgehead atoms. The Morgan fingerprint density at radius 2 is 1.82 bits per heavy atom. The van der Waals surface area contributed by atoms with Gasteiger partial charge in [-0.05, 0) is 73.4 Å². The largest absolute Gasteiger partial charge is 0.481 e. The molecule has 0 radical (unpaired) electrons. The van der Waals surface area contributed by atoms with Gasteiger partial charge in [0.15, 0.2) is 5.71 Å². The Balaban J connectivity index is 1.56. The second-order valence-electron chi connectivity index (χ2n) is 9.22. The lowest BCUT2D eigenvalue weighted by Crippen LogP contribution is -2.26. The number of para-hydroxylation sites is 1. The molecule has 5 rings (SSSR count). The molecule has 1 aliphatic rings. The molecule has 194 valence electrons. The first-order valence-corrected chi connectivity index (χ1v) is 11.8. The van der Waals surface area contributed by atoms with Crippen LogP contribution in [0.2, 0.25) is 0 Å². The zero-order valence-electron chi connectivity index (χ0n) is 20.5. The molecule has 1 aliphatic heterocycles. The predicted octanol–water partition coefficient (Wildman–Crippen LogP) is 6.32. The van der Waals surface area contributed by atoms with Crippen molar-refractivity contribution in [2.75, 3.05) is 10.3 Å². The number of hydrazone groups is 1. The van der Waals surface area contributed by atoms with E-state index in [9.17, 15) is 22.8 Å². The molecule has 38 heavy (non-hydrogen) atoms. The number of amides is 1. The number of carbonyl (C=O) groups is 2. The molecule has 1 amide bonds. The van der Waals surface area contributed by atoms with Gasteiger partial charge < -0.3 is 10.1 Å². The third-order valence-corrected chi connectivity index (χ3v) is 6.39. The summed E-state index contributed by atoms with van der Waals surface area (Å²) in [4.78, 5) is 28.9. The number of rotatable bonds is 6. The molecule has 3 N–H and O–H groups in total. The molecule has 0 fully saturated rings. The van der Waals surface area contributed by atoms with Crippen molar-refractivity contribution in [1.82, 2.24) is 4.98 Å². The standard InChI is InChI=1S/C28H23F3N4O3/c1-15-10-16(2)12-19(11-15)35-23-13-18(28(29,30)31)7-8-21(23)26(27(35)38)34-33-22-5-3-4-20-17(6-9-24(36)37)14-32-25(20)22/h3-5,7-8,10-14,32-33H,6,9H2,1-2H3,(H,36,37). The van der Waals surface area contributed by atoms with Crippen molar-refractivity contribution in [2.45, 2.75) is 32.9 Å². The number of H-pyrrole nitrogens is 1. The lowest BCUT2D eigenvalue weighted by molar-refractivity contribution is -0.138. The number of alkyl halides is 3. The number of aromatic amines is 1. The molecule has 1 aromatic heterocycles. The number of aliphatic carboxylic acids is 1. The van der Waals surface area contributed by atoms with Crippen LogP contribution in [0.3, 0.4) is 0 Å². The van der Waals surface area contributed by atoms with E-state index in [1.807, 2.05) is 26.0 Å². The first-order valence-electron chi connectivity index (χ1n) is 11.8. The number of carbonyl (C=O) groups excluding carboxylic acids is 1. The normalized spacial score (nSPS) is 14.4. The summed E-state index contributed by atoms with van der Waals surface area (Å²) in [5.41, 5.74) is 6.57. The number of anilines is 3. The van der Waals surface area contributed by atoms with Crippen molar-refractivity contribution in [3.05, 3.63) is 88.6 Å². The zero-order chi connectivity index (χ0) is 27.2. The molecule has 10 heteroatoms. The van der Waals surface area contributed by atoms with Crippen LogP contribution in [0, 0.1) is 13.8 Å². The van der Waals surface area contributed by atoms with Crippen LogP contribution in [0.15, 0.2) is 65.9 Å². The van der Waals surface area contributed by atoms with Crippen molar-refractivity contribution in [3.63, 3.8) is 0 Å². The summed E-state index contributed by atoms with van der Waals surface area (Å²) in [5.74, 6) is -1.46. The van der Waals surface area contributed by atoms with E-state index in [1.54, 1.807) is 30.5 Å². The van der Waals surface area contributed by atoms with Crippen LogP contribution in [-0.2, 0) is 22.2 Å². The first-order chi connectivity index (χ1) is 18.0. The van der Waals surface area contributed by atoms with Gasteiger partial charge in [0.05, 0.1) is 22.5 Å². The van der Waals surface area contributed by atoms with E-state index in [0.717, 1.165) is 34.2 Å². The summed E-state index contributed by atoms with van der Waals surface area (Å²) in [6.45, 7) is 3.70. The van der Waals surface area contributed by atoms with Gasteiger partial charge in [0.1, 0.15) is 0 Å². The molecule has 2 heterocycles. The maximum Gasteiger partial charge on any atom is 0.416 e. The molecular weight excluding hydrogens is 497 g/mol. The van der Waals surface area contributed by atoms with E-state index in [4.69, 9.17) is 5.11 Å². The number of aromatic nitrogens is 1. The van der Waals surface area contributed by atoms with E-state index in [0.29, 0.717) is 23.3 Å². The Bertz CT molecular complexity index is 1600. The highest BCUT2D eigenvalue weighted by molar-refractivity contribution is 6.55. The third kappa shape index (κ3) is 4.60. The average molecular weight is 521 g/mol. The number of nitrogens with zero attached hydrogens (tertiary/aromatic N) is 2. The highest BCUT2D eigenvalue weighted by Gasteiger charge is 2.39. The number of hydrogen-bond acceptors (Lipinski definition) is 4. The summed E-state index contributed by atoms with van der Waals surface area (Å²) >= 11 is 0. The molecule has 4 aromatic rings. The smallest absolute Gasteiger partial charge is 0.416 e. The highest BCUT2D eigenvalue weighted by Crippen LogP contribution is 2.41. The van der Waals surface area contributed by atoms with Crippen molar-refractivity contribution >= 4 is 45.6 Å². The van der Waals surface area contributed by atoms with Gasteiger partial charge in [-0.1, -0.05) is 18.2 Å². The summed E-state index contributed by atoms with van der Waals surface area (Å²) < 4.78 is 40.6. The molecule has 0 saturated heterocycles. The molecule has 0 aliphatic carbocycles. The van der Waals surface area contributed by atoms with Gasteiger partial charge in [0.2, 0.25) is 0 Å². The maximum absolute atomic E-state index is 13.6. The number of aryl methyl sites for hydroxylation is 3. The van der Waals surface area contributed by atoms with E-state index in [1.165, 1.54) is 11.0 Å². The molecular formula is C28H23F3N4O3. The number of halogens is 3. The lowest BCUT2D eigenvalue weighted by atomic mass is 10.1. The SMILES string of the molecule is Cc1cc(C)cc(N2C(=O)C(=NNc3cccc4c(CCC(=O)O)c[nH]c34)c3ccc(C(F)(F)F)cc32)c1. The van der Waals surface area contributed by atoms with Crippen LogP contribution < -0.4 is 10.3 Å². The first kappa shape index (κ1) is 25.1. The predicted molar refractivity (Wildman–Crippen MR) is 139 cm³/mol. The van der Waals surface area contributed by atoms with Crippen LogP contribution in [-0.4, -0.2) is 27.7 Å². The number of carboxylic acids is 1. The Kier molecular flexibility index (Phi) is 6.18. The number of fused-ring (bicyclic) bond motifs is 2. The minimum atomic E-state index is -4.58. The van der Waals surface area contributed by atoms with E-state index in [2.05, 4.69) is 15.5 Å². The second-order valence-corrected chi connectivity index (χ2v) is 9.22. The van der Waals surface area contributed by atoms with Gasteiger partial charge in [-0.15, -0.1) is 0 Å². The van der Waals surface area contributed by atoms with Crippen LogP contribution >= 0.6 is 0 Å². The number of carboxylic acid groups (broad SMARTS) is 1. The van der Waals surface area contributed by atoms with Crippen molar-refractivity contribution in [3.8, 4) is 0 Å². The number of benzene rings is 3. The molecule has 3 aromatic carbocycles. The Labute approximate surface area is 215 Å². The molecule has 0 atom stereocenters. The third-order valence-electron chi connectivity index (χ3n) is 6.39. The van der Waals surface area contributed by atoms with E-state index in [-0.39, 0.29) is 23.4 Å². The summed E-state index contributed by atoms with van der Waals surface area (Å²) in [7, 11) is 0. The van der Waals surface area contributed by atoms with Gasteiger partial charge in [-0.2, -0.15) is 18.3 Å². The fourth-order valence-electron chi connectivity index (χ4n) is 4.74. The number of hydrogen-bond donors (Lipinski definition) is 3. The van der Waals surface area contributed by atoms with E-state index >= 15 is 0 Å². The van der Waals surface area contributed by atoms with Crippen molar-refractivity contribution in [2.24, 2.45) is 5.10 Å². The van der Waals surface area contributed by atoms with Gasteiger partial charge in [-0.25, -0.2) is 0 Å². The highest BCUT2D eigenvalue weighted by atomic mass is 19.4. The second kappa shape index (κ2) is 9.37. The van der Waals surface area contributed by atoms with Crippen molar-refractivity contribution < 1.29 is 27.9 Å². The van der Waals surface area contributed by atoms with Gasteiger partial charge >= 0.3 is 12.1 Å². The Morgan fingerprint density at radius 1 is 1.08 bits per heavy atom. The minimum Gasteiger partial charge on any atom is -0.481 e. The maximum atomic E-state index is 13.6. The molecule has 0 saturated carbocycles. The van der Waals surface area contributed by atoms with Crippen LogP contribution in [0.1, 0.15) is 34.2 Å². The monoisotopic (exact) mass is 520 g/mol. The zero-order valence-corrected chi connectivity index (χ0v) is 20.5. The van der Waals surface area contributed by atoms with Gasteiger partial charge in [0.25, 0.3) is 5.91 Å². The lowest BCUT2D eigenvalue weighted by Gasteiger charge is -2.19. The average Bonchev–Trinajstić information content (AvgIpc) is 3.38. The Hall–Kier alpha value is -4.60. The van der Waals surface area contributed by atoms with Gasteiger partial charge in [-0.3, -0.25) is 19.9 Å². The topological polar surface area (TPSA) is 97.8 Å². The summed E-state index contributed by atoms with van der Waals surface area (Å²) in [6.07, 6.45) is -2.54. The molecule has 0 spiro atoms. The fraction of sp³-hybridized carbons (Fsp3) is 0.179. The van der Waals surface area contributed by atoms with Crippen molar-refractivity contribution in [1.29, 1.82) is 0 Å². The summed E-state index contributed by atoms with van der Waals surface area (Å²) in [5, 5.41) is 14.2. The minimum absolute atomic E-state index is 0.0214. The van der Waals surface area contributed by atoms with Gasteiger partial charge in [0, 0.05) is 29.3 Å². The van der Waals surface area contributed by atoms with Crippen LogP contribution in [0.25, 0.3) is 10.9 Å². The Morgan fingerprint density at radius 3 is 2.50 bits per heavy atom. The molecule has 7 nitrogen and oxygen atoms in total. The fourth-order valence-corrected chi connectivity index (χ4v) is 4.74. The van der Waals surface area contributed by atoms with E-state index < -0.39 is 23.6 Å². The number of nitrogens with one attached hydrogen (secondary N) is 2. The summed E-state index contributed by atoms with van der Waals surface area (Å²) in [6, 6.07) is 13.9.